The van der Waals surface area contributed by atoms with Crippen molar-refractivity contribution < 1.29 is 4.74 Å². The Labute approximate surface area is 108 Å². The van der Waals surface area contributed by atoms with Gasteiger partial charge in [-0.25, -0.2) is 0 Å². The van der Waals surface area contributed by atoms with E-state index in [1.54, 1.807) is 7.11 Å². The molecule has 0 unspecified atom stereocenters. The van der Waals surface area contributed by atoms with Gasteiger partial charge < -0.3 is 15.5 Å². The van der Waals surface area contributed by atoms with Crippen LogP contribution in [-0.2, 0) is 5.41 Å². The van der Waals surface area contributed by atoms with Crippen molar-refractivity contribution in [3.63, 3.8) is 0 Å². The molecule has 0 fully saturated rings. The topological polar surface area (TPSA) is 51.0 Å². The monoisotopic (exact) mass is 246 g/mol. The van der Waals surface area contributed by atoms with Crippen LogP contribution in [0.1, 0.15) is 31.4 Å². The molecule has 1 aromatic carbocycles. The first-order valence-electron chi connectivity index (χ1n) is 6.36. The van der Waals surface area contributed by atoms with Gasteiger partial charge in [-0.05, 0) is 48.6 Å². The zero-order chi connectivity index (χ0) is 13.3. The summed E-state index contributed by atoms with van der Waals surface area (Å²) in [4.78, 5) is 3.38. The second kappa shape index (κ2) is 4.65. The van der Waals surface area contributed by atoms with E-state index in [0.717, 1.165) is 12.2 Å². The predicted molar refractivity (Wildman–Crippen MR) is 76.3 cm³/mol. The molecule has 2 rings (SSSR count). The lowest BCUT2D eigenvalue weighted by Gasteiger charge is -2.23. The maximum Gasteiger partial charge on any atom is 0.119 e. The van der Waals surface area contributed by atoms with Crippen LogP contribution >= 0.6 is 0 Å². The number of ether oxygens (including phenoxy) is 1. The van der Waals surface area contributed by atoms with Crippen LogP contribution in [0.4, 0.5) is 0 Å². The summed E-state index contributed by atoms with van der Waals surface area (Å²) >= 11 is 0. The Morgan fingerprint density at radius 1 is 1.33 bits per heavy atom. The molecule has 0 spiro atoms. The molecule has 1 aromatic heterocycles. The number of aryl methyl sites for hydroxylation is 1. The van der Waals surface area contributed by atoms with E-state index in [1.807, 2.05) is 0 Å². The molecule has 18 heavy (non-hydrogen) atoms. The molecule has 0 saturated heterocycles. The van der Waals surface area contributed by atoms with Gasteiger partial charge in [-0.2, -0.15) is 0 Å². The molecule has 0 amide bonds. The van der Waals surface area contributed by atoms with Crippen LogP contribution < -0.4 is 10.5 Å². The lowest BCUT2D eigenvalue weighted by atomic mass is 9.81. The number of aromatic amines is 1. The fourth-order valence-corrected chi connectivity index (χ4v) is 2.55. The van der Waals surface area contributed by atoms with E-state index in [1.165, 1.54) is 22.0 Å². The first-order chi connectivity index (χ1) is 8.49. The van der Waals surface area contributed by atoms with Crippen LogP contribution in [0.15, 0.2) is 18.3 Å². The minimum absolute atomic E-state index is 0.0752. The van der Waals surface area contributed by atoms with Crippen LogP contribution in [0.2, 0.25) is 0 Å². The normalized spacial score (nSPS) is 12.1. The highest BCUT2D eigenvalue weighted by atomic mass is 16.5. The van der Waals surface area contributed by atoms with Crippen LogP contribution in [0.5, 0.6) is 5.75 Å². The first kappa shape index (κ1) is 13.0. The van der Waals surface area contributed by atoms with E-state index in [-0.39, 0.29) is 5.41 Å². The van der Waals surface area contributed by atoms with Gasteiger partial charge in [0, 0.05) is 17.1 Å². The fourth-order valence-electron chi connectivity index (χ4n) is 2.55. The van der Waals surface area contributed by atoms with E-state index in [4.69, 9.17) is 10.5 Å². The Balaban J connectivity index is 2.62. The number of H-pyrrole nitrogens is 1. The largest absolute Gasteiger partial charge is 0.497 e. The molecule has 3 nitrogen and oxygen atoms in total. The quantitative estimate of drug-likeness (QED) is 0.871. The Bertz CT molecular complexity index is 555. The highest BCUT2D eigenvalue weighted by Gasteiger charge is 2.23. The number of benzene rings is 1. The number of fused-ring (bicyclic) bond motifs is 1. The lowest BCUT2D eigenvalue weighted by molar-refractivity contribution is 0.415. The summed E-state index contributed by atoms with van der Waals surface area (Å²) in [6, 6.07) is 4.16. The number of nitrogens with one attached hydrogen (secondary N) is 1. The van der Waals surface area contributed by atoms with Crippen molar-refractivity contribution in [1.82, 2.24) is 4.98 Å². The minimum atomic E-state index is 0.0752. The molecule has 1 heterocycles. The van der Waals surface area contributed by atoms with Crippen LogP contribution in [0.25, 0.3) is 10.9 Å². The van der Waals surface area contributed by atoms with Gasteiger partial charge in [-0.3, -0.25) is 0 Å². The Morgan fingerprint density at radius 2 is 2.06 bits per heavy atom. The predicted octanol–water partition coefficient (Wildman–Crippen LogP) is 3.11. The highest BCUT2D eigenvalue weighted by molar-refractivity contribution is 5.88. The van der Waals surface area contributed by atoms with Crippen molar-refractivity contribution in [2.24, 2.45) is 5.73 Å². The van der Waals surface area contributed by atoms with E-state index < -0.39 is 0 Å². The van der Waals surface area contributed by atoms with Gasteiger partial charge in [0.1, 0.15) is 5.75 Å². The van der Waals surface area contributed by atoms with Crippen molar-refractivity contribution in [1.29, 1.82) is 0 Å². The van der Waals surface area contributed by atoms with Crippen molar-refractivity contribution in [2.45, 2.75) is 32.6 Å². The van der Waals surface area contributed by atoms with E-state index in [9.17, 15) is 0 Å². The van der Waals surface area contributed by atoms with Gasteiger partial charge >= 0.3 is 0 Å². The van der Waals surface area contributed by atoms with Crippen molar-refractivity contribution in [3.05, 3.63) is 29.5 Å². The first-order valence-corrected chi connectivity index (χ1v) is 6.36. The fraction of sp³-hybridized carbons (Fsp3) is 0.467. The minimum Gasteiger partial charge on any atom is -0.497 e. The summed E-state index contributed by atoms with van der Waals surface area (Å²) in [5.41, 5.74) is 9.50. The highest BCUT2D eigenvalue weighted by Crippen LogP contribution is 2.35. The molecule has 0 atom stereocenters. The molecule has 0 bridgehead atoms. The number of aromatic nitrogens is 1. The molecule has 2 aromatic rings. The summed E-state index contributed by atoms with van der Waals surface area (Å²) in [5, 5.41) is 1.24. The number of methoxy groups -OCH3 is 1. The van der Waals surface area contributed by atoms with Crippen molar-refractivity contribution >= 4 is 10.9 Å². The van der Waals surface area contributed by atoms with Crippen molar-refractivity contribution in [2.75, 3.05) is 13.7 Å². The van der Waals surface area contributed by atoms with Crippen LogP contribution in [0.3, 0.4) is 0 Å². The summed E-state index contributed by atoms with van der Waals surface area (Å²) in [7, 11) is 1.71. The molecular formula is C15H22N2O. The van der Waals surface area contributed by atoms with Gasteiger partial charge in [0.15, 0.2) is 0 Å². The van der Waals surface area contributed by atoms with E-state index >= 15 is 0 Å². The van der Waals surface area contributed by atoms with Gasteiger partial charge in [0.05, 0.1) is 7.11 Å². The molecule has 3 heteroatoms. The Kier molecular flexibility index (Phi) is 3.35. The molecule has 98 valence electrons. The van der Waals surface area contributed by atoms with Gasteiger partial charge in [-0.1, -0.05) is 13.8 Å². The number of hydrogen-bond acceptors (Lipinski definition) is 2. The molecule has 3 N–H and O–H groups in total. The number of nitrogens with two attached hydrogens (primary N) is 1. The van der Waals surface area contributed by atoms with Gasteiger partial charge in [-0.15, -0.1) is 0 Å². The lowest BCUT2D eigenvalue weighted by Crippen LogP contribution is -2.21. The van der Waals surface area contributed by atoms with Crippen LogP contribution in [-0.4, -0.2) is 18.6 Å². The van der Waals surface area contributed by atoms with Gasteiger partial charge in [0.2, 0.25) is 0 Å². The third-order valence-corrected chi connectivity index (χ3v) is 3.69. The van der Waals surface area contributed by atoms with E-state index in [2.05, 4.69) is 44.1 Å². The Morgan fingerprint density at radius 3 is 2.67 bits per heavy atom. The summed E-state index contributed by atoms with van der Waals surface area (Å²) in [6.45, 7) is 7.26. The molecule has 0 saturated carbocycles. The zero-order valence-corrected chi connectivity index (χ0v) is 11.6. The molecule has 0 aliphatic carbocycles. The zero-order valence-electron chi connectivity index (χ0n) is 11.6. The average Bonchev–Trinajstić information content (AvgIpc) is 2.73. The van der Waals surface area contributed by atoms with Gasteiger partial charge in [0.25, 0.3) is 0 Å². The number of rotatable bonds is 4. The summed E-state index contributed by atoms with van der Waals surface area (Å²) in [6.07, 6.45) is 3.07. The third kappa shape index (κ3) is 2.10. The molecule has 0 radical (unpaired) electrons. The SMILES string of the molecule is COc1cc(C)c2[nH]cc(C(C)(C)CCN)c2c1. The second-order valence-corrected chi connectivity index (χ2v) is 5.49. The summed E-state index contributed by atoms with van der Waals surface area (Å²) < 4.78 is 5.36. The van der Waals surface area contributed by atoms with Crippen molar-refractivity contribution in [3.8, 4) is 5.75 Å². The average molecular weight is 246 g/mol. The maximum atomic E-state index is 5.72. The second-order valence-electron chi connectivity index (χ2n) is 5.49. The third-order valence-electron chi connectivity index (χ3n) is 3.69. The van der Waals surface area contributed by atoms with Crippen LogP contribution in [0, 0.1) is 6.92 Å². The molecule has 0 aliphatic heterocycles. The standard InChI is InChI=1S/C15H22N2O/c1-10-7-11(18-4)8-12-13(9-17-14(10)12)15(2,3)5-6-16/h7-9,17H,5-6,16H2,1-4H3. The summed E-state index contributed by atoms with van der Waals surface area (Å²) in [5.74, 6) is 0.907. The van der Waals surface area contributed by atoms with E-state index in [0.29, 0.717) is 6.54 Å². The molecule has 0 aliphatic rings. The number of hydrogen-bond donors (Lipinski definition) is 2. The maximum absolute atomic E-state index is 5.72. The molecular weight excluding hydrogens is 224 g/mol. The Hall–Kier alpha value is -1.48. The smallest absolute Gasteiger partial charge is 0.119 e.